The van der Waals surface area contributed by atoms with Crippen molar-refractivity contribution in [1.82, 2.24) is 15.0 Å². The summed E-state index contributed by atoms with van der Waals surface area (Å²) in [7, 11) is 0. The highest BCUT2D eigenvalue weighted by Gasteiger charge is 2.10. The second-order valence-corrected chi connectivity index (χ2v) is 4.75. The average molecular weight is 292 g/mol. The molecule has 0 atom stereocenters. The summed E-state index contributed by atoms with van der Waals surface area (Å²) in [5.41, 5.74) is 2.76. The Labute approximate surface area is 126 Å². The molecule has 0 aliphatic heterocycles. The fraction of sp³-hybridized carbons (Fsp3) is 0.0625. The third-order valence-electron chi connectivity index (χ3n) is 3.29. The Balaban J connectivity index is 2.01. The molecule has 6 heteroatoms. The molecule has 0 unspecified atom stereocenters. The third kappa shape index (κ3) is 2.67. The predicted molar refractivity (Wildman–Crippen MR) is 82.1 cm³/mol. The molecule has 0 radical (unpaired) electrons. The summed E-state index contributed by atoms with van der Waals surface area (Å²) in [5.74, 6) is 1.07. The van der Waals surface area contributed by atoms with Crippen LogP contribution in [0.5, 0.6) is 0 Å². The molecule has 6 nitrogen and oxygen atoms in total. The highest BCUT2D eigenvalue weighted by molar-refractivity contribution is 5.63. The Kier molecular flexibility index (Phi) is 3.57. The first-order valence-corrected chi connectivity index (χ1v) is 6.65. The van der Waals surface area contributed by atoms with Gasteiger partial charge in [-0.3, -0.25) is 10.1 Å². The van der Waals surface area contributed by atoms with Gasteiger partial charge in [0.25, 0.3) is 5.69 Å². The monoisotopic (exact) mass is 292 g/mol. The molecule has 3 rings (SSSR count). The fourth-order valence-corrected chi connectivity index (χ4v) is 2.12. The predicted octanol–water partition coefficient (Wildman–Crippen LogP) is 3.42. The number of rotatable bonds is 3. The lowest BCUT2D eigenvalue weighted by Gasteiger charge is -2.05. The number of nitro groups is 1. The summed E-state index contributed by atoms with van der Waals surface area (Å²) >= 11 is 0. The highest BCUT2D eigenvalue weighted by Crippen LogP contribution is 2.23. The van der Waals surface area contributed by atoms with Crippen molar-refractivity contribution in [1.29, 1.82) is 0 Å². The zero-order valence-corrected chi connectivity index (χ0v) is 11.8. The van der Waals surface area contributed by atoms with E-state index in [9.17, 15) is 10.1 Å². The maximum Gasteiger partial charge on any atom is 0.269 e. The molecule has 1 aromatic heterocycles. The van der Waals surface area contributed by atoms with E-state index in [0.29, 0.717) is 17.2 Å². The standard InChI is InChI=1S/C16H12N4O2/c1-11-4-2-3-5-14(11)16-18-10-17-15(19-16)12-6-8-13(9-7-12)20(21)22/h2-10H,1H3. The maximum absolute atomic E-state index is 10.7. The van der Waals surface area contributed by atoms with E-state index in [-0.39, 0.29) is 5.69 Å². The molecule has 0 saturated carbocycles. The van der Waals surface area contributed by atoms with Crippen molar-refractivity contribution < 1.29 is 4.92 Å². The highest BCUT2D eigenvalue weighted by atomic mass is 16.6. The zero-order valence-electron chi connectivity index (χ0n) is 11.8. The molecule has 0 aliphatic rings. The van der Waals surface area contributed by atoms with Crippen LogP contribution in [-0.4, -0.2) is 19.9 Å². The van der Waals surface area contributed by atoms with Crippen LogP contribution in [0.2, 0.25) is 0 Å². The molecule has 0 spiro atoms. The Hall–Kier alpha value is -3.15. The van der Waals surface area contributed by atoms with E-state index in [1.54, 1.807) is 12.1 Å². The van der Waals surface area contributed by atoms with Gasteiger partial charge in [0.2, 0.25) is 0 Å². The smallest absolute Gasteiger partial charge is 0.258 e. The summed E-state index contributed by atoms with van der Waals surface area (Å²) in [6.45, 7) is 1.99. The van der Waals surface area contributed by atoms with E-state index in [4.69, 9.17) is 0 Å². The van der Waals surface area contributed by atoms with Gasteiger partial charge in [-0.25, -0.2) is 15.0 Å². The minimum Gasteiger partial charge on any atom is -0.258 e. The van der Waals surface area contributed by atoms with Crippen molar-refractivity contribution in [2.45, 2.75) is 6.92 Å². The minimum absolute atomic E-state index is 0.0388. The Morgan fingerprint density at radius 1 is 0.955 bits per heavy atom. The van der Waals surface area contributed by atoms with Crippen LogP contribution in [0.1, 0.15) is 5.56 Å². The second-order valence-electron chi connectivity index (χ2n) is 4.75. The number of hydrogen-bond donors (Lipinski definition) is 0. The van der Waals surface area contributed by atoms with Gasteiger partial charge in [-0.2, -0.15) is 0 Å². The average Bonchev–Trinajstić information content (AvgIpc) is 2.55. The van der Waals surface area contributed by atoms with Crippen molar-refractivity contribution in [3.8, 4) is 22.8 Å². The molecule has 0 amide bonds. The van der Waals surface area contributed by atoms with Crippen LogP contribution in [0.3, 0.4) is 0 Å². The van der Waals surface area contributed by atoms with Gasteiger partial charge in [0, 0.05) is 23.3 Å². The molecular formula is C16H12N4O2. The minimum atomic E-state index is -0.435. The Bertz CT molecular complexity index is 832. The largest absolute Gasteiger partial charge is 0.269 e. The summed E-state index contributed by atoms with van der Waals surface area (Å²) < 4.78 is 0. The van der Waals surface area contributed by atoms with E-state index >= 15 is 0 Å². The molecule has 0 bridgehead atoms. The van der Waals surface area contributed by atoms with E-state index < -0.39 is 4.92 Å². The molecule has 108 valence electrons. The van der Waals surface area contributed by atoms with E-state index in [0.717, 1.165) is 11.1 Å². The molecule has 0 N–H and O–H groups in total. The lowest BCUT2D eigenvalue weighted by atomic mass is 10.1. The van der Waals surface area contributed by atoms with Crippen molar-refractivity contribution >= 4 is 5.69 Å². The quantitative estimate of drug-likeness (QED) is 0.545. The SMILES string of the molecule is Cc1ccccc1-c1ncnc(-c2ccc([N+](=O)[O-])cc2)n1. The van der Waals surface area contributed by atoms with Gasteiger partial charge in [0.15, 0.2) is 11.6 Å². The van der Waals surface area contributed by atoms with Gasteiger partial charge in [-0.1, -0.05) is 24.3 Å². The van der Waals surface area contributed by atoms with Crippen molar-refractivity contribution in [3.05, 3.63) is 70.5 Å². The molecule has 1 heterocycles. The van der Waals surface area contributed by atoms with Gasteiger partial charge in [-0.05, 0) is 24.6 Å². The third-order valence-corrected chi connectivity index (χ3v) is 3.29. The summed E-state index contributed by atoms with van der Waals surface area (Å²) in [4.78, 5) is 23.1. The summed E-state index contributed by atoms with van der Waals surface area (Å²) in [6, 6.07) is 14.0. The number of nitrogens with zero attached hydrogens (tertiary/aromatic N) is 4. The first-order valence-electron chi connectivity index (χ1n) is 6.65. The molecule has 0 fully saturated rings. The summed E-state index contributed by atoms with van der Waals surface area (Å²) in [5, 5.41) is 10.7. The molecule has 0 aliphatic carbocycles. The van der Waals surface area contributed by atoms with Crippen LogP contribution in [0.25, 0.3) is 22.8 Å². The molecular weight excluding hydrogens is 280 g/mol. The lowest BCUT2D eigenvalue weighted by molar-refractivity contribution is -0.384. The van der Waals surface area contributed by atoms with Crippen LogP contribution in [-0.2, 0) is 0 Å². The number of hydrogen-bond acceptors (Lipinski definition) is 5. The Morgan fingerprint density at radius 3 is 2.32 bits per heavy atom. The van der Waals surface area contributed by atoms with Crippen molar-refractivity contribution in [3.63, 3.8) is 0 Å². The normalized spacial score (nSPS) is 10.4. The lowest BCUT2D eigenvalue weighted by Crippen LogP contribution is -1.96. The number of aromatic nitrogens is 3. The van der Waals surface area contributed by atoms with Gasteiger partial charge in [0.1, 0.15) is 6.33 Å². The van der Waals surface area contributed by atoms with Crippen LogP contribution in [0.15, 0.2) is 54.9 Å². The molecule has 2 aromatic carbocycles. The van der Waals surface area contributed by atoms with Crippen molar-refractivity contribution in [2.24, 2.45) is 0 Å². The number of non-ortho nitro benzene ring substituents is 1. The summed E-state index contributed by atoms with van der Waals surface area (Å²) in [6.07, 6.45) is 1.45. The topological polar surface area (TPSA) is 81.8 Å². The zero-order chi connectivity index (χ0) is 15.5. The van der Waals surface area contributed by atoms with Crippen LogP contribution in [0, 0.1) is 17.0 Å². The van der Waals surface area contributed by atoms with Gasteiger partial charge < -0.3 is 0 Å². The first-order chi connectivity index (χ1) is 10.6. The first kappa shape index (κ1) is 13.8. The van der Waals surface area contributed by atoms with Crippen LogP contribution >= 0.6 is 0 Å². The second kappa shape index (κ2) is 5.69. The van der Waals surface area contributed by atoms with E-state index in [1.165, 1.54) is 18.5 Å². The Morgan fingerprint density at radius 2 is 1.64 bits per heavy atom. The number of nitro benzene ring substituents is 1. The van der Waals surface area contributed by atoms with Crippen LogP contribution < -0.4 is 0 Å². The molecule has 3 aromatic rings. The number of aryl methyl sites for hydroxylation is 1. The molecule has 0 saturated heterocycles. The fourth-order valence-electron chi connectivity index (χ4n) is 2.12. The van der Waals surface area contributed by atoms with E-state index in [2.05, 4.69) is 15.0 Å². The number of benzene rings is 2. The van der Waals surface area contributed by atoms with Gasteiger partial charge >= 0.3 is 0 Å². The van der Waals surface area contributed by atoms with Crippen molar-refractivity contribution in [2.75, 3.05) is 0 Å². The molecule has 22 heavy (non-hydrogen) atoms. The van der Waals surface area contributed by atoms with Gasteiger partial charge in [-0.15, -0.1) is 0 Å². The maximum atomic E-state index is 10.7. The van der Waals surface area contributed by atoms with Gasteiger partial charge in [0.05, 0.1) is 4.92 Å². The van der Waals surface area contributed by atoms with E-state index in [1.807, 2.05) is 31.2 Å². The van der Waals surface area contributed by atoms with Crippen LogP contribution in [0.4, 0.5) is 5.69 Å².